The van der Waals surface area contributed by atoms with Crippen LogP contribution in [0.25, 0.3) is 0 Å². The molecule has 1 fully saturated rings. The molecule has 1 aromatic rings. The molecule has 2 rings (SSSR count). The quantitative estimate of drug-likeness (QED) is 0.759. The molecular weight excluding hydrogens is 352 g/mol. The van der Waals surface area contributed by atoms with Crippen LogP contribution in [0, 0.1) is 0 Å². The van der Waals surface area contributed by atoms with Crippen LogP contribution < -0.4 is 14.8 Å². The summed E-state index contributed by atoms with van der Waals surface area (Å²) in [6, 6.07) is 6.69. The summed E-state index contributed by atoms with van der Waals surface area (Å²) in [4.78, 5) is 12.5. The van der Waals surface area contributed by atoms with Crippen molar-refractivity contribution >= 4 is 15.9 Å². The summed E-state index contributed by atoms with van der Waals surface area (Å²) in [7, 11) is -1.86. The van der Waals surface area contributed by atoms with Crippen LogP contribution in [0.5, 0.6) is 5.75 Å². The number of sulfonamides is 1. The molecule has 6 nitrogen and oxygen atoms in total. The maximum absolute atomic E-state index is 12.5. The number of carbonyl (C=O) groups is 1. The smallest absolute Gasteiger partial charge is 0.222 e. The molecule has 1 aliphatic rings. The van der Waals surface area contributed by atoms with E-state index in [4.69, 9.17) is 4.74 Å². The summed E-state index contributed by atoms with van der Waals surface area (Å²) in [5, 5.41) is 3.10. The van der Waals surface area contributed by atoms with Crippen LogP contribution in [0.1, 0.15) is 63.0 Å². The zero-order valence-electron chi connectivity index (χ0n) is 15.7. The molecule has 7 heteroatoms. The molecule has 1 saturated carbocycles. The predicted octanol–water partition coefficient (Wildman–Crippen LogP) is 2.90. The number of methoxy groups -OCH3 is 1. The molecule has 1 aliphatic carbocycles. The van der Waals surface area contributed by atoms with E-state index in [2.05, 4.69) is 10.0 Å². The Balaban J connectivity index is 2.03. The van der Waals surface area contributed by atoms with E-state index < -0.39 is 16.1 Å². The van der Waals surface area contributed by atoms with E-state index in [-0.39, 0.29) is 18.4 Å². The second-order valence-corrected chi connectivity index (χ2v) is 8.81. The third kappa shape index (κ3) is 7.33. The fourth-order valence-electron chi connectivity index (χ4n) is 3.39. The van der Waals surface area contributed by atoms with Crippen LogP contribution in [0.15, 0.2) is 24.3 Å². The monoisotopic (exact) mass is 382 g/mol. The lowest BCUT2D eigenvalue weighted by Crippen LogP contribution is -2.38. The Morgan fingerprint density at radius 1 is 1.12 bits per heavy atom. The van der Waals surface area contributed by atoms with Crippen LogP contribution in [-0.4, -0.2) is 33.7 Å². The van der Waals surface area contributed by atoms with Crippen LogP contribution in [0.2, 0.25) is 0 Å². The highest BCUT2D eigenvalue weighted by Gasteiger charge is 2.22. The van der Waals surface area contributed by atoms with E-state index in [1.165, 1.54) is 19.3 Å². The van der Waals surface area contributed by atoms with Crippen molar-refractivity contribution < 1.29 is 17.9 Å². The summed E-state index contributed by atoms with van der Waals surface area (Å²) in [5.41, 5.74) is 0.740. The fourth-order valence-corrected chi connectivity index (χ4v) is 4.13. The highest BCUT2D eigenvalue weighted by Crippen LogP contribution is 2.22. The maximum atomic E-state index is 12.5. The van der Waals surface area contributed by atoms with Crippen molar-refractivity contribution in [2.24, 2.45) is 0 Å². The Kier molecular flexibility index (Phi) is 7.90. The summed E-state index contributed by atoms with van der Waals surface area (Å²) in [5.74, 6) is 0.568. The van der Waals surface area contributed by atoms with E-state index in [1.54, 1.807) is 31.4 Å². The van der Waals surface area contributed by atoms with Crippen LogP contribution in [0.3, 0.4) is 0 Å². The molecular formula is C19H30N2O4S. The van der Waals surface area contributed by atoms with Gasteiger partial charge in [0, 0.05) is 12.5 Å². The first kappa shape index (κ1) is 20.7. The van der Waals surface area contributed by atoms with E-state index in [9.17, 15) is 13.2 Å². The molecule has 0 aromatic heterocycles. The Bertz CT molecular complexity index is 665. The number of rotatable bonds is 7. The SMILES string of the molecule is COc1ccc([C@@H](CC(=O)NC2CCCCCCC2)NS(C)(=O)=O)cc1. The Hall–Kier alpha value is -1.60. The van der Waals surface area contributed by atoms with Gasteiger partial charge >= 0.3 is 0 Å². The van der Waals surface area contributed by atoms with Crippen molar-refractivity contribution in [3.8, 4) is 5.75 Å². The van der Waals surface area contributed by atoms with Gasteiger partial charge in [0.05, 0.1) is 19.4 Å². The molecule has 2 N–H and O–H groups in total. The lowest BCUT2D eigenvalue weighted by atomic mass is 9.96. The zero-order chi connectivity index (χ0) is 19.0. The number of amides is 1. The van der Waals surface area contributed by atoms with Gasteiger partial charge in [-0.1, -0.05) is 44.2 Å². The van der Waals surface area contributed by atoms with Gasteiger partial charge in [-0.3, -0.25) is 4.79 Å². The van der Waals surface area contributed by atoms with Gasteiger partial charge < -0.3 is 10.1 Å². The molecule has 1 amide bonds. The minimum Gasteiger partial charge on any atom is -0.497 e. The molecule has 0 heterocycles. The molecule has 1 aromatic carbocycles. The van der Waals surface area contributed by atoms with Crippen LogP contribution >= 0.6 is 0 Å². The Labute approximate surface area is 156 Å². The van der Waals surface area contributed by atoms with Gasteiger partial charge in [-0.15, -0.1) is 0 Å². The fraction of sp³-hybridized carbons (Fsp3) is 0.632. The second-order valence-electron chi connectivity index (χ2n) is 7.03. The van der Waals surface area contributed by atoms with Crippen molar-refractivity contribution in [3.05, 3.63) is 29.8 Å². The molecule has 1 atom stereocenters. The average molecular weight is 383 g/mol. The number of benzene rings is 1. The number of hydrogen-bond acceptors (Lipinski definition) is 4. The van der Waals surface area contributed by atoms with Crippen molar-refractivity contribution in [3.63, 3.8) is 0 Å². The first-order valence-electron chi connectivity index (χ1n) is 9.28. The first-order valence-corrected chi connectivity index (χ1v) is 11.2. The van der Waals surface area contributed by atoms with E-state index >= 15 is 0 Å². The third-order valence-corrected chi connectivity index (χ3v) is 5.45. The summed E-state index contributed by atoms with van der Waals surface area (Å²) < 4.78 is 31.2. The van der Waals surface area contributed by atoms with Gasteiger partial charge in [-0.05, 0) is 30.5 Å². The predicted molar refractivity (Wildman–Crippen MR) is 103 cm³/mol. The van der Waals surface area contributed by atoms with Gasteiger partial charge in [-0.2, -0.15) is 0 Å². The summed E-state index contributed by atoms with van der Waals surface area (Å²) in [6.45, 7) is 0. The van der Waals surface area contributed by atoms with Crippen LogP contribution in [0.4, 0.5) is 0 Å². The lowest BCUT2D eigenvalue weighted by molar-refractivity contribution is -0.122. The number of ether oxygens (including phenoxy) is 1. The van der Waals surface area contributed by atoms with E-state index in [0.717, 1.165) is 37.5 Å². The average Bonchev–Trinajstić information content (AvgIpc) is 2.55. The molecule has 0 radical (unpaired) electrons. The normalized spacial score (nSPS) is 17.8. The van der Waals surface area contributed by atoms with E-state index in [1.807, 2.05) is 0 Å². The highest BCUT2D eigenvalue weighted by molar-refractivity contribution is 7.88. The van der Waals surface area contributed by atoms with Gasteiger partial charge in [0.2, 0.25) is 15.9 Å². The summed E-state index contributed by atoms with van der Waals surface area (Å²) in [6.07, 6.45) is 9.16. The second kappa shape index (κ2) is 9.92. The first-order chi connectivity index (χ1) is 12.4. The van der Waals surface area contributed by atoms with Crippen molar-refractivity contribution in [2.75, 3.05) is 13.4 Å². The standard InChI is InChI=1S/C19H30N2O4S/c1-25-17-12-10-15(11-13-17)18(21-26(2,23)24)14-19(22)20-16-8-6-4-3-5-7-9-16/h10-13,16,18,21H,3-9,14H2,1-2H3,(H,20,22)/t18-/m1/s1. The molecule has 26 heavy (non-hydrogen) atoms. The minimum absolute atomic E-state index is 0.0793. The Morgan fingerprint density at radius 3 is 2.23 bits per heavy atom. The number of hydrogen-bond donors (Lipinski definition) is 2. The molecule has 0 spiro atoms. The highest BCUT2D eigenvalue weighted by atomic mass is 32.2. The van der Waals surface area contributed by atoms with Gasteiger partial charge in [-0.25, -0.2) is 13.1 Å². The molecule has 0 aliphatic heterocycles. The number of carbonyl (C=O) groups excluding carboxylic acids is 1. The third-order valence-electron chi connectivity index (χ3n) is 4.73. The molecule has 0 bridgehead atoms. The van der Waals surface area contributed by atoms with Gasteiger partial charge in [0.1, 0.15) is 5.75 Å². The van der Waals surface area contributed by atoms with Gasteiger partial charge in [0.25, 0.3) is 0 Å². The largest absolute Gasteiger partial charge is 0.497 e. The summed E-state index contributed by atoms with van der Waals surface area (Å²) >= 11 is 0. The van der Waals surface area contributed by atoms with Gasteiger partial charge in [0.15, 0.2) is 0 Å². The molecule has 0 unspecified atom stereocenters. The lowest BCUT2D eigenvalue weighted by Gasteiger charge is -2.23. The Morgan fingerprint density at radius 2 is 1.69 bits per heavy atom. The number of nitrogens with one attached hydrogen (secondary N) is 2. The maximum Gasteiger partial charge on any atom is 0.222 e. The van der Waals surface area contributed by atoms with Crippen LogP contribution in [-0.2, 0) is 14.8 Å². The topological polar surface area (TPSA) is 84.5 Å². The molecule has 0 saturated heterocycles. The zero-order valence-corrected chi connectivity index (χ0v) is 16.5. The van der Waals surface area contributed by atoms with Crippen molar-refractivity contribution in [1.29, 1.82) is 0 Å². The minimum atomic E-state index is -3.44. The molecule has 146 valence electrons. The van der Waals surface area contributed by atoms with E-state index in [0.29, 0.717) is 5.75 Å². The van der Waals surface area contributed by atoms with Crippen molar-refractivity contribution in [2.45, 2.75) is 63.5 Å². The van der Waals surface area contributed by atoms with Crippen molar-refractivity contribution in [1.82, 2.24) is 10.0 Å².